The van der Waals surface area contributed by atoms with Crippen LogP contribution in [-0.2, 0) is 4.79 Å². The average molecular weight is 296 g/mol. The molecule has 0 fully saturated rings. The van der Waals surface area contributed by atoms with E-state index in [1.165, 1.54) is 0 Å². The molecule has 0 spiro atoms. The van der Waals surface area contributed by atoms with Gasteiger partial charge < -0.3 is 19.8 Å². The number of ether oxygens (including phenoxy) is 1. The topological polar surface area (TPSA) is 79.9 Å². The van der Waals surface area contributed by atoms with Gasteiger partial charge in [0.15, 0.2) is 0 Å². The molecule has 0 radical (unpaired) electrons. The molecule has 0 saturated heterocycles. The van der Waals surface area contributed by atoms with Crippen LogP contribution in [0.1, 0.15) is 6.92 Å². The molecule has 0 aliphatic heterocycles. The van der Waals surface area contributed by atoms with Crippen molar-refractivity contribution in [2.75, 3.05) is 12.4 Å². The SMILES string of the molecule is COc1cnc2[nH]cc(-c3cncc(N[C@H](C)C=O)c3)c2c1. The summed E-state index contributed by atoms with van der Waals surface area (Å²) in [6, 6.07) is 3.62. The summed E-state index contributed by atoms with van der Waals surface area (Å²) in [5.74, 6) is 0.699. The number of carbonyl (C=O) groups excluding carboxylic acids is 1. The van der Waals surface area contributed by atoms with Crippen molar-refractivity contribution in [1.82, 2.24) is 15.0 Å². The minimum atomic E-state index is -0.262. The molecule has 2 N–H and O–H groups in total. The van der Waals surface area contributed by atoms with Crippen molar-refractivity contribution in [3.63, 3.8) is 0 Å². The number of aromatic amines is 1. The lowest BCUT2D eigenvalue weighted by atomic mass is 10.1. The Hall–Kier alpha value is -2.89. The quantitative estimate of drug-likeness (QED) is 0.707. The van der Waals surface area contributed by atoms with Crippen molar-refractivity contribution >= 4 is 23.0 Å². The first-order valence-corrected chi connectivity index (χ1v) is 6.89. The fourth-order valence-electron chi connectivity index (χ4n) is 2.30. The number of fused-ring (bicyclic) bond motifs is 1. The molecule has 3 heterocycles. The van der Waals surface area contributed by atoms with E-state index in [0.717, 1.165) is 34.1 Å². The van der Waals surface area contributed by atoms with Gasteiger partial charge in [-0.2, -0.15) is 0 Å². The molecule has 112 valence electrons. The van der Waals surface area contributed by atoms with Crippen LogP contribution in [0, 0.1) is 0 Å². The molecule has 0 aromatic carbocycles. The lowest BCUT2D eigenvalue weighted by Crippen LogP contribution is -2.16. The molecular formula is C16H16N4O2. The summed E-state index contributed by atoms with van der Waals surface area (Å²) >= 11 is 0. The highest BCUT2D eigenvalue weighted by atomic mass is 16.5. The van der Waals surface area contributed by atoms with E-state index in [2.05, 4.69) is 20.3 Å². The maximum Gasteiger partial charge on any atom is 0.141 e. The Morgan fingerprint density at radius 3 is 2.95 bits per heavy atom. The number of methoxy groups -OCH3 is 1. The number of hydrogen-bond donors (Lipinski definition) is 2. The van der Waals surface area contributed by atoms with Crippen LogP contribution < -0.4 is 10.1 Å². The monoisotopic (exact) mass is 296 g/mol. The van der Waals surface area contributed by atoms with E-state index in [0.29, 0.717) is 5.75 Å². The van der Waals surface area contributed by atoms with E-state index in [1.54, 1.807) is 32.6 Å². The Morgan fingerprint density at radius 2 is 2.18 bits per heavy atom. The molecule has 6 heteroatoms. The van der Waals surface area contributed by atoms with Gasteiger partial charge in [0, 0.05) is 35.1 Å². The van der Waals surface area contributed by atoms with Gasteiger partial charge in [-0.25, -0.2) is 4.98 Å². The summed E-state index contributed by atoms with van der Waals surface area (Å²) in [7, 11) is 1.61. The van der Waals surface area contributed by atoms with E-state index in [-0.39, 0.29) is 6.04 Å². The zero-order chi connectivity index (χ0) is 15.5. The Labute approximate surface area is 127 Å². The highest BCUT2D eigenvalue weighted by Crippen LogP contribution is 2.30. The van der Waals surface area contributed by atoms with E-state index < -0.39 is 0 Å². The van der Waals surface area contributed by atoms with E-state index >= 15 is 0 Å². The molecule has 1 atom stereocenters. The highest BCUT2D eigenvalue weighted by Gasteiger charge is 2.10. The van der Waals surface area contributed by atoms with Gasteiger partial charge in [0.2, 0.25) is 0 Å². The number of carbonyl (C=O) groups is 1. The molecular weight excluding hydrogens is 280 g/mol. The first-order chi connectivity index (χ1) is 10.7. The van der Waals surface area contributed by atoms with Gasteiger partial charge in [0.25, 0.3) is 0 Å². The highest BCUT2D eigenvalue weighted by molar-refractivity contribution is 5.94. The number of H-pyrrole nitrogens is 1. The van der Waals surface area contributed by atoms with Crippen molar-refractivity contribution in [2.45, 2.75) is 13.0 Å². The normalized spacial score (nSPS) is 12.1. The second-order valence-corrected chi connectivity index (χ2v) is 5.01. The lowest BCUT2D eigenvalue weighted by molar-refractivity contribution is -0.108. The minimum Gasteiger partial charge on any atom is -0.495 e. The Balaban J connectivity index is 2.03. The average Bonchev–Trinajstić information content (AvgIpc) is 2.97. The summed E-state index contributed by atoms with van der Waals surface area (Å²) in [4.78, 5) is 22.4. The maximum absolute atomic E-state index is 10.8. The van der Waals surface area contributed by atoms with Crippen LogP contribution in [0.5, 0.6) is 5.75 Å². The molecule has 3 aromatic heterocycles. The molecule has 0 bridgehead atoms. The van der Waals surface area contributed by atoms with Crippen molar-refractivity contribution in [1.29, 1.82) is 0 Å². The van der Waals surface area contributed by atoms with Crippen molar-refractivity contribution in [3.8, 4) is 16.9 Å². The molecule has 0 unspecified atom stereocenters. The van der Waals surface area contributed by atoms with Gasteiger partial charge in [0.05, 0.1) is 25.0 Å². The molecule has 0 saturated carbocycles. The van der Waals surface area contributed by atoms with Crippen LogP contribution in [0.25, 0.3) is 22.2 Å². The number of aldehydes is 1. The second-order valence-electron chi connectivity index (χ2n) is 5.01. The van der Waals surface area contributed by atoms with E-state index in [1.807, 2.05) is 18.3 Å². The number of pyridine rings is 2. The third-order valence-corrected chi connectivity index (χ3v) is 3.39. The summed E-state index contributed by atoms with van der Waals surface area (Å²) in [6.07, 6.45) is 7.88. The molecule has 0 aliphatic carbocycles. The van der Waals surface area contributed by atoms with Crippen LogP contribution in [0.2, 0.25) is 0 Å². The van der Waals surface area contributed by atoms with Crippen LogP contribution in [0.3, 0.4) is 0 Å². The van der Waals surface area contributed by atoms with Gasteiger partial charge in [0.1, 0.15) is 17.7 Å². The van der Waals surface area contributed by atoms with Crippen LogP contribution in [0.15, 0.2) is 36.9 Å². The number of nitrogens with zero attached hydrogens (tertiary/aromatic N) is 2. The number of nitrogens with one attached hydrogen (secondary N) is 2. The predicted octanol–water partition coefficient (Wildman–Crippen LogP) is 2.63. The van der Waals surface area contributed by atoms with Gasteiger partial charge in [-0.05, 0) is 19.1 Å². The van der Waals surface area contributed by atoms with Crippen molar-refractivity contribution < 1.29 is 9.53 Å². The zero-order valence-electron chi connectivity index (χ0n) is 12.3. The Kier molecular flexibility index (Phi) is 3.74. The summed E-state index contributed by atoms with van der Waals surface area (Å²) in [5, 5.41) is 4.04. The minimum absolute atomic E-state index is 0.262. The summed E-state index contributed by atoms with van der Waals surface area (Å²) in [6.45, 7) is 1.79. The fourth-order valence-corrected chi connectivity index (χ4v) is 2.30. The first kappa shape index (κ1) is 14.1. The molecule has 3 rings (SSSR count). The largest absolute Gasteiger partial charge is 0.495 e. The molecule has 0 aliphatic rings. The third kappa shape index (κ3) is 2.63. The smallest absolute Gasteiger partial charge is 0.141 e. The Bertz CT molecular complexity index is 813. The summed E-state index contributed by atoms with van der Waals surface area (Å²) in [5.41, 5.74) is 3.50. The van der Waals surface area contributed by atoms with Gasteiger partial charge >= 0.3 is 0 Å². The lowest BCUT2D eigenvalue weighted by Gasteiger charge is -2.09. The fraction of sp³-hybridized carbons (Fsp3) is 0.188. The van der Waals surface area contributed by atoms with Crippen LogP contribution in [-0.4, -0.2) is 34.4 Å². The summed E-state index contributed by atoms with van der Waals surface area (Å²) < 4.78 is 5.23. The van der Waals surface area contributed by atoms with Gasteiger partial charge in [-0.1, -0.05) is 0 Å². The standard InChI is InChI=1S/C16H16N4O2/c1-10(9-21)20-12-3-11(5-17-6-12)15-8-19-16-14(15)4-13(22-2)7-18-16/h3-10,20H,1-2H3,(H,18,19)/t10-/m1/s1. The van der Waals surface area contributed by atoms with E-state index in [4.69, 9.17) is 4.74 Å². The molecule has 22 heavy (non-hydrogen) atoms. The van der Waals surface area contributed by atoms with Crippen molar-refractivity contribution in [3.05, 3.63) is 36.9 Å². The predicted molar refractivity (Wildman–Crippen MR) is 85.0 cm³/mol. The van der Waals surface area contributed by atoms with Gasteiger partial charge in [-0.3, -0.25) is 4.98 Å². The van der Waals surface area contributed by atoms with Crippen LogP contribution in [0.4, 0.5) is 5.69 Å². The van der Waals surface area contributed by atoms with Gasteiger partial charge in [-0.15, -0.1) is 0 Å². The molecule has 6 nitrogen and oxygen atoms in total. The van der Waals surface area contributed by atoms with Crippen molar-refractivity contribution in [2.24, 2.45) is 0 Å². The number of hydrogen-bond acceptors (Lipinski definition) is 5. The first-order valence-electron chi connectivity index (χ1n) is 6.89. The van der Waals surface area contributed by atoms with Crippen LogP contribution >= 0.6 is 0 Å². The Morgan fingerprint density at radius 1 is 1.32 bits per heavy atom. The maximum atomic E-state index is 10.8. The number of anilines is 1. The molecule has 0 amide bonds. The second kappa shape index (κ2) is 5.85. The molecule has 3 aromatic rings. The number of rotatable bonds is 5. The zero-order valence-corrected chi connectivity index (χ0v) is 12.3. The number of aromatic nitrogens is 3. The third-order valence-electron chi connectivity index (χ3n) is 3.39. The van der Waals surface area contributed by atoms with E-state index in [9.17, 15) is 4.79 Å².